The van der Waals surface area contributed by atoms with Gasteiger partial charge in [-0.15, -0.1) is 0 Å². The minimum Gasteiger partial charge on any atom is -0.493 e. The van der Waals surface area contributed by atoms with Crippen LogP contribution in [0.25, 0.3) is 10.9 Å². The monoisotopic (exact) mass is 417 g/mol. The molecule has 1 fully saturated rings. The van der Waals surface area contributed by atoms with Crippen molar-refractivity contribution in [1.29, 1.82) is 0 Å². The number of aromatic amines is 1. The molecule has 0 aliphatic carbocycles. The normalized spacial score (nSPS) is 15.2. The zero-order chi connectivity index (χ0) is 21.3. The summed E-state index contributed by atoms with van der Waals surface area (Å²) >= 11 is 0. The number of nitrogens with zero attached hydrogens (tertiary/aromatic N) is 1. The molecule has 2 heterocycles. The van der Waals surface area contributed by atoms with Crippen LogP contribution in [0.2, 0.25) is 0 Å². The Hall–Kier alpha value is -3.00. The van der Waals surface area contributed by atoms with Crippen molar-refractivity contribution in [2.75, 3.05) is 32.1 Å². The van der Waals surface area contributed by atoms with Gasteiger partial charge in [-0.2, -0.15) is 13.2 Å². The molecule has 1 amide bonds. The molecule has 0 bridgehead atoms. The summed E-state index contributed by atoms with van der Waals surface area (Å²) in [5.41, 5.74) is 1.97. The number of fused-ring (bicyclic) bond motifs is 1. The second kappa shape index (κ2) is 8.02. The van der Waals surface area contributed by atoms with Gasteiger partial charge in [0.15, 0.2) is 0 Å². The summed E-state index contributed by atoms with van der Waals surface area (Å²) in [6, 6.07) is 10.6. The predicted octanol–water partition coefficient (Wildman–Crippen LogP) is 4.31. The molecule has 5 nitrogen and oxygen atoms in total. The smallest absolute Gasteiger partial charge is 0.416 e. The molecule has 0 atom stereocenters. The Labute approximate surface area is 171 Å². The largest absolute Gasteiger partial charge is 0.493 e. The van der Waals surface area contributed by atoms with Gasteiger partial charge in [0.2, 0.25) is 5.91 Å². The molecule has 0 saturated carbocycles. The van der Waals surface area contributed by atoms with Gasteiger partial charge in [0.25, 0.3) is 0 Å². The number of anilines is 1. The van der Waals surface area contributed by atoms with Crippen molar-refractivity contribution < 1.29 is 22.7 Å². The van der Waals surface area contributed by atoms with Crippen LogP contribution in [0.3, 0.4) is 0 Å². The molecule has 1 aliphatic rings. The highest BCUT2D eigenvalue weighted by molar-refractivity contribution is 6.02. The van der Waals surface area contributed by atoms with Gasteiger partial charge in [0.05, 0.1) is 23.8 Å². The van der Waals surface area contributed by atoms with Gasteiger partial charge in [0.1, 0.15) is 5.75 Å². The number of rotatable bonds is 6. The Balaban J connectivity index is 1.37. The first-order chi connectivity index (χ1) is 14.3. The van der Waals surface area contributed by atoms with Crippen LogP contribution in [0.5, 0.6) is 5.75 Å². The van der Waals surface area contributed by atoms with Crippen LogP contribution in [0.15, 0.2) is 48.7 Å². The number of aromatic nitrogens is 1. The van der Waals surface area contributed by atoms with Crippen molar-refractivity contribution in [3.05, 3.63) is 59.8 Å². The van der Waals surface area contributed by atoms with E-state index in [2.05, 4.69) is 15.2 Å². The van der Waals surface area contributed by atoms with Crippen LogP contribution in [0, 0.1) is 5.92 Å². The summed E-state index contributed by atoms with van der Waals surface area (Å²) in [5.74, 6) is 0.425. The predicted molar refractivity (Wildman–Crippen MR) is 109 cm³/mol. The average Bonchev–Trinajstić information content (AvgIpc) is 3.07. The number of hydrogen-bond donors (Lipinski definition) is 2. The summed E-state index contributed by atoms with van der Waals surface area (Å²) in [7, 11) is 1.98. The van der Waals surface area contributed by atoms with E-state index in [4.69, 9.17) is 4.74 Å². The lowest BCUT2D eigenvalue weighted by atomic mass is 10.00. The maximum atomic E-state index is 12.6. The number of halogens is 3. The molecule has 30 heavy (non-hydrogen) atoms. The van der Waals surface area contributed by atoms with E-state index < -0.39 is 11.7 Å². The molecule has 158 valence electrons. The number of hydrogen-bond acceptors (Lipinski definition) is 3. The van der Waals surface area contributed by atoms with Crippen LogP contribution >= 0.6 is 0 Å². The number of carbonyl (C=O) groups excluding carboxylic acids is 1. The van der Waals surface area contributed by atoms with E-state index in [-0.39, 0.29) is 11.8 Å². The summed E-state index contributed by atoms with van der Waals surface area (Å²) in [6.45, 7) is 1.86. The highest BCUT2D eigenvalue weighted by Gasteiger charge is 2.30. The molecule has 8 heteroatoms. The molecule has 0 spiro atoms. The van der Waals surface area contributed by atoms with E-state index in [1.54, 1.807) is 6.20 Å². The quantitative estimate of drug-likeness (QED) is 0.629. The Morgan fingerprint density at radius 3 is 2.60 bits per heavy atom. The van der Waals surface area contributed by atoms with Crippen molar-refractivity contribution >= 4 is 22.5 Å². The third kappa shape index (κ3) is 4.43. The molecule has 1 saturated heterocycles. The zero-order valence-corrected chi connectivity index (χ0v) is 16.4. The Morgan fingerprint density at radius 1 is 1.20 bits per heavy atom. The van der Waals surface area contributed by atoms with Gasteiger partial charge < -0.3 is 19.9 Å². The summed E-state index contributed by atoms with van der Waals surface area (Å²) in [5, 5.41) is 3.91. The third-order valence-electron chi connectivity index (χ3n) is 5.28. The van der Waals surface area contributed by atoms with E-state index in [0.717, 1.165) is 47.4 Å². The van der Waals surface area contributed by atoms with Crippen molar-refractivity contribution in [3.8, 4) is 5.75 Å². The van der Waals surface area contributed by atoms with Gasteiger partial charge in [-0.05, 0) is 49.0 Å². The highest BCUT2D eigenvalue weighted by Crippen LogP contribution is 2.30. The fraction of sp³-hybridized carbons (Fsp3) is 0.318. The number of H-pyrrole nitrogens is 1. The topological polar surface area (TPSA) is 57.4 Å². The lowest BCUT2D eigenvalue weighted by Crippen LogP contribution is -2.49. The van der Waals surface area contributed by atoms with Crippen molar-refractivity contribution in [3.63, 3.8) is 0 Å². The molecule has 2 N–H and O–H groups in total. The number of nitrogens with one attached hydrogen (secondary N) is 2. The molecule has 1 aliphatic heterocycles. The minimum atomic E-state index is -4.35. The minimum absolute atomic E-state index is 0.0141. The van der Waals surface area contributed by atoms with Crippen molar-refractivity contribution in [2.45, 2.75) is 12.6 Å². The molecular weight excluding hydrogens is 395 g/mol. The molecular formula is C22H22F3N3O2. The third-order valence-corrected chi connectivity index (χ3v) is 5.28. The van der Waals surface area contributed by atoms with Gasteiger partial charge in [-0.1, -0.05) is 6.07 Å². The standard InChI is InChI=1S/C22H22F3N3O2/c1-28-12-15(13-28)21(29)27-20-11-26-19-7-2-14(10-18(19)20)8-9-30-17-5-3-16(4-6-17)22(23,24)25/h2-7,10-11,15,26H,8-9,12-13H2,1H3,(H,27,29). The molecule has 2 aromatic carbocycles. The van der Waals surface area contributed by atoms with Gasteiger partial charge in [0, 0.05) is 36.6 Å². The number of carbonyl (C=O) groups is 1. The maximum Gasteiger partial charge on any atom is 0.416 e. The van der Waals surface area contributed by atoms with Crippen molar-refractivity contribution in [1.82, 2.24) is 9.88 Å². The van der Waals surface area contributed by atoms with E-state index in [0.29, 0.717) is 18.8 Å². The number of ether oxygens (including phenoxy) is 1. The number of likely N-dealkylation sites (tertiary alicyclic amines) is 1. The Kier molecular flexibility index (Phi) is 5.42. The fourth-order valence-electron chi connectivity index (χ4n) is 3.55. The molecule has 0 radical (unpaired) electrons. The number of benzene rings is 2. The Morgan fingerprint density at radius 2 is 1.93 bits per heavy atom. The summed E-state index contributed by atoms with van der Waals surface area (Å²) in [4.78, 5) is 17.6. The average molecular weight is 417 g/mol. The number of alkyl halides is 3. The van der Waals surface area contributed by atoms with Gasteiger partial charge in [-0.3, -0.25) is 4.79 Å². The second-order valence-corrected chi connectivity index (χ2v) is 7.61. The van der Waals surface area contributed by atoms with Gasteiger partial charge >= 0.3 is 6.18 Å². The van der Waals surface area contributed by atoms with E-state index >= 15 is 0 Å². The van der Waals surface area contributed by atoms with E-state index in [1.807, 2.05) is 25.2 Å². The van der Waals surface area contributed by atoms with Crippen LogP contribution in [-0.2, 0) is 17.4 Å². The van der Waals surface area contributed by atoms with Crippen LogP contribution in [0.1, 0.15) is 11.1 Å². The molecule has 4 rings (SSSR count). The summed E-state index contributed by atoms with van der Waals surface area (Å²) in [6.07, 6.45) is -1.98. The number of amides is 1. The first-order valence-corrected chi connectivity index (χ1v) is 9.69. The lowest BCUT2D eigenvalue weighted by Gasteiger charge is -2.34. The second-order valence-electron chi connectivity index (χ2n) is 7.61. The van der Waals surface area contributed by atoms with Crippen LogP contribution < -0.4 is 10.1 Å². The SMILES string of the molecule is CN1CC(C(=O)Nc2c[nH]c3ccc(CCOc4ccc(C(F)(F)F)cc4)cc23)C1. The van der Waals surface area contributed by atoms with Crippen LogP contribution in [0.4, 0.5) is 18.9 Å². The first kappa shape index (κ1) is 20.3. The Bertz CT molecular complexity index is 1040. The molecule has 1 aromatic heterocycles. The van der Waals surface area contributed by atoms with Crippen LogP contribution in [-0.4, -0.2) is 42.5 Å². The van der Waals surface area contributed by atoms with Gasteiger partial charge in [-0.25, -0.2) is 0 Å². The van der Waals surface area contributed by atoms with Crippen molar-refractivity contribution in [2.24, 2.45) is 5.92 Å². The maximum absolute atomic E-state index is 12.6. The van der Waals surface area contributed by atoms with E-state index in [1.165, 1.54) is 12.1 Å². The highest BCUT2D eigenvalue weighted by atomic mass is 19.4. The fourth-order valence-corrected chi connectivity index (χ4v) is 3.55. The zero-order valence-electron chi connectivity index (χ0n) is 16.4. The molecule has 0 unspecified atom stereocenters. The molecule has 3 aromatic rings. The van der Waals surface area contributed by atoms with E-state index in [9.17, 15) is 18.0 Å². The first-order valence-electron chi connectivity index (χ1n) is 9.69. The lowest BCUT2D eigenvalue weighted by molar-refractivity contribution is -0.137. The summed E-state index contributed by atoms with van der Waals surface area (Å²) < 4.78 is 43.4.